The lowest BCUT2D eigenvalue weighted by Crippen LogP contribution is -2.20. The van der Waals surface area contributed by atoms with Gasteiger partial charge in [0, 0.05) is 17.3 Å². The molecule has 2 rings (SSSR count). The summed E-state index contributed by atoms with van der Waals surface area (Å²) in [6.07, 6.45) is 2.85. The molecule has 0 heterocycles. The van der Waals surface area contributed by atoms with Gasteiger partial charge in [0.25, 0.3) is 5.91 Å². The summed E-state index contributed by atoms with van der Waals surface area (Å²) in [6.45, 7) is 3.50. The summed E-state index contributed by atoms with van der Waals surface area (Å²) in [4.78, 5) is 23.7. The van der Waals surface area contributed by atoms with Crippen LogP contribution in [0.5, 0.6) is 5.75 Å². The predicted octanol–water partition coefficient (Wildman–Crippen LogP) is 3.51. The van der Waals surface area contributed by atoms with Crippen LogP contribution in [0.2, 0.25) is 0 Å². The van der Waals surface area contributed by atoms with Crippen LogP contribution in [0, 0.1) is 13.8 Å². The average molecular weight is 339 g/mol. The summed E-state index contributed by atoms with van der Waals surface area (Å²) in [5, 5.41) is 2.74. The molecule has 0 saturated carbocycles. The molecule has 1 N–H and O–H groups in total. The fraction of sp³-hybridized carbons (Fsp3) is 0.200. The van der Waals surface area contributed by atoms with Crippen LogP contribution in [0.25, 0.3) is 6.08 Å². The number of esters is 1. The van der Waals surface area contributed by atoms with Crippen molar-refractivity contribution in [3.05, 3.63) is 65.2 Å². The van der Waals surface area contributed by atoms with E-state index in [9.17, 15) is 9.59 Å². The highest BCUT2D eigenvalue weighted by Crippen LogP contribution is 2.18. The minimum absolute atomic E-state index is 0.345. The minimum Gasteiger partial charge on any atom is -0.496 e. The molecule has 0 aliphatic heterocycles. The SMILES string of the molecule is COc1ccccc1/C=C/C(=O)OCC(=O)Nc1cc(C)ccc1C. The van der Waals surface area contributed by atoms with Gasteiger partial charge in [0.05, 0.1) is 7.11 Å². The summed E-state index contributed by atoms with van der Waals surface area (Å²) in [6, 6.07) is 13.0. The number of para-hydroxylation sites is 1. The maximum atomic E-state index is 11.9. The Labute approximate surface area is 147 Å². The normalized spacial score (nSPS) is 10.5. The molecule has 5 heteroatoms. The Balaban J connectivity index is 1.88. The Morgan fingerprint density at radius 1 is 1.12 bits per heavy atom. The molecule has 25 heavy (non-hydrogen) atoms. The maximum absolute atomic E-state index is 11.9. The van der Waals surface area contributed by atoms with Crippen molar-refractivity contribution >= 4 is 23.6 Å². The minimum atomic E-state index is -0.595. The number of amides is 1. The molecule has 0 fully saturated rings. The Kier molecular flexibility index (Phi) is 6.34. The smallest absolute Gasteiger partial charge is 0.331 e. The molecule has 2 aromatic rings. The van der Waals surface area contributed by atoms with Crippen molar-refractivity contribution in [3.63, 3.8) is 0 Å². The number of hydrogen-bond acceptors (Lipinski definition) is 4. The van der Waals surface area contributed by atoms with Gasteiger partial charge in [-0.25, -0.2) is 4.79 Å². The molecule has 0 aromatic heterocycles. The summed E-state index contributed by atoms with van der Waals surface area (Å²) < 4.78 is 10.2. The van der Waals surface area contributed by atoms with Crippen LogP contribution in [0.1, 0.15) is 16.7 Å². The van der Waals surface area contributed by atoms with Gasteiger partial charge in [-0.05, 0) is 43.2 Å². The molecule has 2 aromatic carbocycles. The summed E-state index contributed by atoms with van der Waals surface area (Å²) in [5.41, 5.74) is 3.45. The van der Waals surface area contributed by atoms with E-state index < -0.39 is 5.97 Å². The lowest BCUT2D eigenvalue weighted by atomic mass is 10.1. The van der Waals surface area contributed by atoms with Gasteiger partial charge in [-0.1, -0.05) is 30.3 Å². The number of benzene rings is 2. The first-order valence-corrected chi connectivity index (χ1v) is 7.84. The van der Waals surface area contributed by atoms with E-state index in [4.69, 9.17) is 9.47 Å². The number of rotatable bonds is 6. The highest BCUT2D eigenvalue weighted by atomic mass is 16.5. The molecule has 5 nitrogen and oxygen atoms in total. The lowest BCUT2D eigenvalue weighted by molar-refractivity contribution is -0.142. The Morgan fingerprint density at radius 2 is 1.88 bits per heavy atom. The quantitative estimate of drug-likeness (QED) is 0.646. The summed E-state index contributed by atoms with van der Waals surface area (Å²) in [5.74, 6) is -0.325. The maximum Gasteiger partial charge on any atom is 0.331 e. The predicted molar refractivity (Wildman–Crippen MR) is 97.5 cm³/mol. The third-order valence-electron chi connectivity index (χ3n) is 3.55. The summed E-state index contributed by atoms with van der Waals surface area (Å²) >= 11 is 0. The van der Waals surface area contributed by atoms with Gasteiger partial charge in [-0.2, -0.15) is 0 Å². The second-order valence-electron chi connectivity index (χ2n) is 5.55. The molecule has 0 aliphatic carbocycles. The molecule has 0 atom stereocenters. The van der Waals surface area contributed by atoms with E-state index in [0.29, 0.717) is 11.4 Å². The molecule has 0 unspecified atom stereocenters. The molecule has 130 valence electrons. The third kappa shape index (κ3) is 5.49. The van der Waals surface area contributed by atoms with Crippen LogP contribution in [0.4, 0.5) is 5.69 Å². The van der Waals surface area contributed by atoms with Crippen LogP contribution in [-0.4, -0.2) is 25.6 Å². The van der Waals surface area contributed by atoms with Crippen molar-refractivity contribution in [3.8, 4) is 5.75 Å². The monoisotopic (exact) mass is 339 g/mol. The molecule has 0 radical (unpaired) electrons. The van der Waals surface area contributed by atoms with Gasteiger partial charge in [0.1, 0.15) is 5.75 Å². The van der Waals surface area contributed by atoms with Crippen LogP contribution in [0.15, 0.2) is 48.5 Å². The number of anilines is 1. The fourth-order valence-electron chi connectivity index (χ4n) is 2.20. The van der Waals surface area contributed by atoms with E-state index in [-0.39, 0.29) is 12.5 Å². The standard InChI is InChI=1S/C20H21NO4/c1-14-8-9-15(2)17(12-14)21-19(22)13-25-20(23)11-10-16-6-4-5-7-18(16)24-3/h4-12H,13H2,1-3H3,(H,21,22)/b11-10+. The molecule has 0 aliphatic rings. The molecule has 0 spiro atoms. The third-order valence-corrected chi connectivity index (χ3v) is 3.55. The highest BCUT2D eigenvalue weighted by Gasteiger charge is 2.08. The van der Waals surface area contributed by atoms with Crippen molar-refractivity contribution < 1.29 is 19.1 Å². The largest absolute Gasteiger partial charge is 0.496 e. The zero-order valence-corrected chi connectivity index (χ0v) is 14.5. The van der Waals surface area contributed by atoms with E-state index >= 15 is 0 Å². The average Bonchev–Trinajstić information content (AvgIpc) is 2.61. The topological polar surface area (TPSA) is 64.6 Å². The first kappa shape index (κ1) is 18.3. The Bertz CT molecular complexity index is 796. The molecule has 0 saturated heterocycles. The van der Waals surface area contributed by atoms with Crippen LogP contribution in [0.3, 0.4) is 0 Å². The molecule has 0 bridgehead atoms. The first-order valence-electron chi connectivity index (χ1n) is 7.84. The fourth-order valence-corrected chi connectivity index (χ4v) is 2.20. The van der Waals surface area contributed by atoms with Gasteiger partial charge < -0.3 is 14.8 Å². The van der Waals surface area contributed by atoms with E-state index in [0.717, 1.165) is 16.7 Å². The van der Waals surface area contributed by atoms with Gasteiger partial charge in [0.15, 0.2) is 6.61 Å². The van der Waals surface area contributed by atoms with Gasteiger partial charge >= 0.3 is 5.97 Å². The second kappa shape index (κ2) is 8.68. The molecular formula is C20H21NO4. The number of aryl methyl sites for hydroxylation is 2. The van der Waals surface area contributed by atoms with Crippen molar-refractivity contribution in [2.45, 2.75) is 13.8 Å². The van der Waals surface area contributed by atoms with Crippen molar-refractivity contribution in [1.82, 2.24) is 0 Å². The van der Waals surface area contributed by atoms with Crippen LogP contribution >= 0.6 is 0 Å². The van der Waals surface area contributed by atoms with Gasteiger partial charge in [0.2, 0.25) is 0 Å². The van der Waals surface area contributed by atoms with Crippen LogP contribution < -0.4 is 10.1 Å². The number of hydrogen-bond donors (Lipinski definition) is 1. The van der Waals surface area contributed by atoms with Crippen molar-refractivity contribution in [2.24, 2.45) is 0 Å². The number of ether oxygens (including phenoxy) is 2. The highest BCUT2D eigenvalue weighted by molar-refractivity contribution is 5.95. The van der Waals surface area contributed by atoms with E-state index in [2.05, 4.69) is 5.32 Å². The second-order valence-corrected chi connectivity index (χ2v) is 5.55. The zero-order valence-electron chi connectivity index (χ0n) is 14.5. The Morgan fingerprint density at radius 3 is 2.64 bits per heavy atom. The lowest BCUT2D eigenvalue weighted by Gasteiger charge is -2.09. The zero-order chi connectivity index (χ0) is 18.2. The van der Waals surface area contributed by atoms with Crippen LogP contribution in [-0.2, 0) is 14.3 Å². The van der Waals surface area contributed by atoms with Gasteiger partial charge in [-0.15, -0.1) is 0 Å². The number of methoxy groups -OCH3 is 1. The summed E-state index contributed by atoms with van der Waals surface area (Å²) in [7, 11) is 1.56. The van der Waals surface area contributed by atoms with Crippen molar-refractivity contribution in [2.75, 3.05) is 19.0 Å². The molecular weight excluding hydrogens is 318 g/mol. The van der Waals surface area contributed by atoms with E-state index in [1.165, 1.54) is 6.08 Å². The van der Waals surface area contributed by atoms with Crippen molar-refractivity contribution in [1.29, 1.82) is 0 Å². The van der Waals surface area contributed by atoms with E-state index in [1.807, 2.05) is 50.2 Å². The number of carbonyl (C=O) groups excluding carboxylic acids is 2. The number of carbonyl (C=O) groups is 2. The molecule has 1 amide bonds. The number of nitrogens with one attached hydrogen (secondary N) is 1. The first-order chi connectivity index (χ1) is 12.0. The van der Waals surface area contributed by atoms with Gasteiger partial charge in [-0.3, -0.25) is 4.79 Å². The van der Waals surface area contributed by atoms with E-state index in [1.54, 1.807) is 19.3 Å². The Hall–Kier alpha value is -3.08.